The summed E-state index contributed by atoms with van der Waals surface area (Å²) in [6.07, 6.45) is -9.89. The fourth-order valence-corrected chi connectivity index (χ4v) is 0.247. The first-order valence-corrected chi connectivity index (χ1v) is 1.74. The van der Waals surface area contributed by atoms with Crippen LogP contribution in [-0.4, -0.2) is 24.2 Å². The van der Waals surface area contributed by atoms with Crippen LogP contribution in [0.1, 0.15) is 23.7 Å². The molecule has 1 aliphatic heterocycles. The van der Waals surface area contributed by atoms with Gasteiger partial charge in [0.2, 0.25) is 0 Å². The molecule has 1 aliphatic rings. The highest BCUT2D eigenvalue weighted by molar-refractivity contribution is 4.65. The van der Waals surface area contributed by atoms with Gasteiger partial charge in [0.1, 0.15) is 1.41 Å². The van der Waals surface area contributed by atoms with Gasteiger partial charge in [0.05, 0.1) is 7.45 Å². The molecule has 0 aromatic carbocycles. The average Bonchev–Trinajstić information content (AvgIpc) is 2.12. The highest BCUT2D eigenvalue weighted by Gasteiger charge is 2.06. The number of hydrogen-bond acceptors (Lipinski definition) is 2. The first-order chi connectivity index (χ1) is 6.82. The molecule has 2 atom stereocenters. The monoisotopic (exact) mass is 110 g/mol. The normalized spacial score (nSPS) is 97.3. The first kappa shape index (κ1) is 0.957. The Morgan fingerprint density at radius 2 is 2.86 bits per heavy atom. The molecule has 2 heteroatoms. The van der Waals surface area contributed by atoms with E-state index in [0.717, 1.165) is 0 Å². The molecule has 1 fully saturated rings. The highest BCUT2D eigenvalue weighted by Crippen LogP contribution is 1.99. The van der Waals surface area contributed by atoms with E-state index in [2.05, 4.69) is 0 Å². The highest BCUT2D eigenvalue weighted by atomic mass is 16.3. The summed E-state index contributed by atoms with van der Waals surface area (Å²) in [6, 6.07) is 0. The predicted molar refractivity (Wildman–Crippen MR) is 28.1 cm³/mol. The van der Waals surface area contributed by atoms with Crippen LogP contribution in [0.15, 0.2) is 0 Å². The van der Waals surface area contributed by atoms with Gasteiger partial charge in [-0.25, -0.2) is 0 Å². The SMILES string of the molecule is [2H]C1N([2H])C([2H])([2H])C([2H])([2H])C([2H])(O)C1([2H])[2H]. The van der Waals surface area contributed by atoms with Crippen LogP contribution < -0.4 is 5.31 Å². The second-order valence-corrected chi connectivity index (χ2v) is 0.988. The Hall–Kier alpha value is -0.0800. The van der Waals surface area contributed by atoms with E-state index in [-0.39, 0.29) is 5.31 Å². The maximum atomic E-state index is 9.50. The van der Waals surface area contributed by atoms with Crippen molar-refractivity contribution in [1.29, 1.82) is 0 Å². The Balaban J connectivity index is 3.42. The lowest BCUT2D eigenvalue weighted by molar-refractivity contribution is 0.137. The molecule has 0 spiro atoms. The summed E-state index contributed by atoms with van der Waals surface area (Å²) in [6.45, 7) is -5.34. The van der Waals surface area contributed by atoms with E-state index >= 15 is 0 Å². The zero-order valence-electron chi connectivity index (χ0n) is 12.5. The van der Waals surface area contributed by atoms with Gasteiger partial charge >= 0.3 is 0 Å². The van der Waals surface area contributed by atoms with E-state index in [1.165, 1.54) is 0 Å². The van der Waals surface area contributed by atoms with E-state index in [4.69, 9.17) is 12.4 Å². The molecule has 7 heavy (non-hydrogen) atoms. The van der Waals surface area contributed by atoms with Gasteiger partial charge in [-0.3, -0.25) is 0 Å². The first-order valence-electron chi connectivity index (χ1n) is 6.27. The molecular weight excluding hydrogens is 90.1 g/mol. The van der Waals surface area contributed by atoms with Crippen molar-refractivity contribution in [3.05, 3.63) is 0 Å². The molecule has 1 rings (SSSR count). The second-order valence-electron chi connectivity index (χ2n) is 0.988. The minimum absolute atomic E-state index is 0.212. The number of hydrogen-bond donors (Lipinski definition) is 2. The summed E-state index contributed by atoms with van der Waals surface area (Å²) in [5, 5.41) is 9.29. The van der Waals surface area contributed by atoms with Crippen molar-refractivity contribution in [2.75, 3.05) is 13.0 Å². The van der Waals surface area contributed by atoms with Crippen LogP contribution >= 0.6 is 0 Å². The number of nitrogens with one attached hydrogen (secondary N) is 1. The third-order valence-corrected chi connectivity index (χ3v) is 0.505. The van der Waals surface area contributed by atoms with Gasteiger partial charge in [0.25, 0.3) is 0 Å². The number of rotatable bonds is 0. The fraction of sp³-hybridized carbons (Fsp3) is 1.00. The summed E-state index contributed by atoms with van der Waals surface area (Å²) < 4.78 is 65.3. The maximum Gasteiger partial charge on any atom is 0.122 e. The van der Waals surface area contributed by atoms with Crippen LogP contribution in [-0.2, 0) is 0 Å². The van der Waals surface area contributed by atoms with Crippen molar-refractivity contribution in [2.45, 2.75) is 18.8 Å². The van der Waals surface area contributed by atoms with Crippen molar-refractivity contribution < 1.29 is 17.5 Å². The van der Waals surface area contributed by atoms with Gasteiger partial charge < -0.3 is 10.4 Å². The summed E-state index contributed by atoms with van der Waals surface area (Å²) in [4.78, 5) is 0. The predicted octanol–water partition coefficient (Wildman–Crippen LogP) is -0.269. The molecular formula is C5H11NO. The molecule has 1 saturated heterocycles. The molecule has 0 aromatic heterocycles. The largest absolute Gasteiger partial charge is 0.393 e. The van der Waals surface area contributed by atoms with Crippen molar-refractivity contribution >= 4 is 0 Å². The lowest BCUT2D eigenvalue weighted by Gasteiger charge is -2.16. The molecule has 0 amide bonds. The zero-order chi connectivity index (χ0) is 13.2. The van der Waals surface area contributed by atoms with E-state index < -0.39 is 31.8 Å². The quantitative estimate of drug-likeness (QED) is 0.450. The standard InChI is InChI=1S/C5H11NO/c7-5-1-3-6-4-2-5/h5-7H,1-4H2/i1D2,2D2,3D,4D2,5D/hD. The molecule has 2 nitrogen and oxygen atoms in total. The Morgan fingerprint density at radius 1 is 2.00 bits per heavy atom. The minimum Gasteiger partial charge on any atom is -0.393 e. The van der Waals surface area contributed by atoms with Crippen LogP contribution in [0.2, 0.25) is 1.41 Å². The molecule has 0 radical (unpaired) electrons. The summed E-state index contributed by atoms with van der Waals surface area (Å²) >= 11 is 0. The number of aliphatic hydroxyl groups is 1. The van der Waals surface area contributed by atoms with Crippen LogP contribution in [0.3, 0.4) is 0 Å². The van der Waals surface area contributed by atoms with Gasteiger partial charge in [0.15, 0.2) is 0 Å². The van der Waals surface area contributed by atoms with Crippen molar-refractivity contribution in [3.8, 4) is 0 Å². The third-order valence-electron chi connectivity index (χ3n) is 0.505. The number of piperidine rings is 1. The molecule has 42 valence electrons. The second kappa shape index (κ2) is 2.28. The topological polar surface area (TPSA) is 32.3 Å². The summed E-state index contributed by atoms with van der Waals surface area (Å²) in [5.41, 5.74) is 0. The van der Waals surface area contributed by atoms with Crippen molar-refractivity contribution in [1.82, 2.24) is 5.31 Å². The van der Waals surface area contributed by atoms with E-state index in [1.807, 2.05) is 0 Å². The smallest absolute Gasteiger partial charge is 0.122 e. The maximum absolute atomic E-state index is 9.50. The summed E-state index contributed by atoms with van der Waals surface area (Å²) in [7, 11) is 0. The molecule has 2 N–H and O–H groups in total. The van der Waals surface area contributed by atoms with E-state index in [0.29, 0.717) is 0 Å². The van der Waals surface area contributed by atoms with Gasteiger partial charge in [0, 0.05) is 9.60 Å². The third kappa shape index (κ3) is 1.45. The molecule has 0 aliphatic carbocycles. The average molecular weight is 110 g/mol. The Kier molecular flexibility index (Phi) is 0.312. The van der Waals surface area contributed by atoms with Crippen molar-refractivity contribution in [2.24, 2.45) is 0 Å². The van der Waals surface area contributed by atoms with Crippen LogP contribution in [0, 0.1) is 0 Å². The van der Waals surface area contributed by atoms with Crippen molar-refractivity contribution in [3.63, 3.8) is 0 Å². The Morgan fingerprint density at radius 3 is 3.71 bits per heavy atom. The molecule has 0 saturated carbocycles. The lowest BCUT2D eigenvalue weighted by Crippen LogP contribution is -2.30. The van der Waals surface area contributed by atoms with Gasteiger partial charge in [-0.1, -0.05) is 0 Å². The van der Waals surface area contributed by atoms with E-state index in [9.17, 15) is 5.11 Å². The minimum atomic E-state index is -3.45. The zero-order valence-corrected chi connectivity index (χ0v) is 3.47. The lowest BCUT2D eigenvalue weighted by atomic mass is 10.1. The molecule has 0 bridgehead atoms. The molecule has 0 aromatic rings. The van der Waals surface area contributed by atoms with Crippen LogP contribution in [0.4, 0.5) is 0 Å². The van der Waals surface area contributed by atoms with Crippen LogP contribution in [0.25, 0.3) is 0 Å². The Labute approximate surface area is 56.2 Å². The van der Waals surface area contributed by atoms with Crippen LogP contribution in [0.5, 0.6) is 0 Å². The molecule has 2 unspecified atom stereocenters. The van der Waals surface area contributed by atoms with Gasteiger partial charge in [-0.05, 0) is 25.8 Å². The van der Waals surface area contributed by atoms with Gasteiger partial charge in [-0.2, -0.15) is 0 Å². The molecule has 1 heterocycles. The Bertz CT molecular complexity index is 272. The summed E-state index contributed by atoms with van der Waals surface area (Å²) in [5.74, 6) is 0. The van der Waals surface area contributed by atoms with Gasteiger partial charge in [-0.15, -0.1) is 0 Å². The fourth-order valence-electron chi connectivity index (χ4n) is 0.247. The van der Waals surface area contributed by atoms with E-state index in [1.54, 1.807) is 0 Å².